The predicted octanol–water partition coefficient (Wildman–Crippen LogP) is 5.98. The van der Waals surface area contributed by atoms with Gasteiger partial charge in [0.15, 0.2) is 10.6 Å². The number of hydrogen-bond donors (Lipinski definition) is 0. The van der Waals surface area contributed by atoms with E-state index in [0.717, 1.165) is 46.7 Å². The zero-order valence-corrected chi connectivity index (χ0v) is 17.4. The molecule has 3 heterocycles. The first-order chi connectivity index (χ1) is 15.2. The van der Waals surface area contributed by atoms with E-state index >= 15 is 0 Å². The third-order valence-corrected chi connectivity index (χ3v) is 6.04. The molecule has 0 amide bonds. The van der Waals surface area contributed by atoms with Crippen LogP contribution in [0.1, 0.15) is 12.8 Å². The van der Waals surface area contributed by atoms with E-state index in [2.05, 4.69) is 9.30 Å². The van der Waals surface area contributed by atoms with Crippen molar-refractivity contribution < 1.29 is 22.7 Å². The number of rotatable bonds is 6. The van der Waals surface area contributed by atoms with Gasteiger partial charge in [-0.3, -0.25) is 0 Å². The lowest BCUT2D eigenvalue weighted by Crippen LogP contribution is -2.23. The highest BCUT2D eigenvalue weighted by molar-refractivity contribution is 7.07. The predicted molar refractivity (Wildman–Crippen MR) is 115 cm³/mol. The van der Waals surface area contributed by atoms with Crippen molar-refractivity contribution in [1.29, 1.82) is 0 Å². The number of alkyl halides is 2. The second-order valence-corrected chi connectivity index (χ2v) is 8.12. The summed E-state index contributed by atoms with van der Waals surface area (Å²) in [7, 11) is 0. The van der Waals surface area contributed by atoms with Gasteiger partial charge in [-0.1, -0.05) is 18.2 Å². The van der Waals surface area contributed by atoms with Crippen molar-refractivity contribution in [3.05, 3.63) is 64.8 Å². The Morgan fingerprint density at radius 3 is 2.74 bits per heavy atom. The highest BCUT2D eigenvalue weighted by Gasteiger charge is 2.20. The maximum atomic E-state index is 12.4. The number of thiazole rings is 1. The fourth-order valence-electron chi connectivity index (χ4n) is 3.71. The summed E-state index contributed by atoms with van der Waals surface area (Å²) in [6, 6.07) is 16.2. The van der Waals surface area contributed by atoms with Crippen molar-refractivity contribution in [3.8, 4) is 17.2 Å². The van der Waals surface area contributed by atoms with E-state index in [1.165, 1.54) is 23.5 Å². The van der Waals surface area contributed by atoms with Crippen LogP contribution in [0.15, 0.2) is 69.4 Å². The lowest BCUT2D eigenvalue weighted by atomic mass is 10.2. The zero-order valence-electron chi connectivity index (χ0n) is 16.5. The normalized spacial score (nSPS) is 17.1. The molecule has 0 aliphatic carbocycles. The summed E-state index contributed by atoms with van der Waals surface area (Å²) in [5.74, 6) is 0.882. The van der Waals surface area contributed by atoms with Gasteiger partial charge in [-0.2, -0.15) is 8.78 Å². The quantitative estimate of drug-likeness (QED) is 0.369. The third kappa shape index (κ3) is 4.40. The lowest BCUT2D eigenvalue weighted by molar-refractivity contribution is -0.0498. The highest BCUT2D eigenvalue weighted by Crippen LogP contribution is 2.29. The largest absolute Gasteiger partial charge is 0.454 e. The first-order valence-electron chi connectivity index (χ1n) is 10.0. The molecule has 8 heteroatoms. The Morgan fingerprint density at radius 2 is 2.00 bits per heavy atom. The Morgan fingerprint density at radius 1 is 1.16 bits per heavy atom. The van der Waals surface area contributed by atoms with Gasteiger partial charge in [0.05, 0.1) is 24.0 Å². The number of furan rings is 1. The van der Waals surface area contributed by atoms with Crippen LogP contribution in [0.5, 0.6) is 5.75 Å². The molecule has 2 aromatic carbocycles. The van der Waals surface area contributed by atoms with Crippen LogP contribution >= 0.6 is 11.3 Å². The maximum Gasteiger partial charge on any atom is 0.387 e. The van der Waals surface area contributed by atoms with E-state index in [0.29, 0.717) is 12.2 Å². The van der Waals surface area contributed by atoms with Crippen LogP contribution in [0.2, 0.25) is 0 Å². The third-order valence-electron chi connectivity index (χ3n) is 5.17. The van der Waals surface area contributed by atoms with Crippen molar-refractivity contribution in [1.82, 2.24) is 4.57 Å². The highest BCUT2D eigenvalue weighted by atomic mass is 32.1. The van der Waals surface area contributed by atoms with Crippen LogP contribution < -0.4 is 9.54 Å². The Bertz CT molecular complexity index is 1200. The first-order valence-corrected chi connectivity index (χ1v) is 10.9. The number of aromatic nitrogens is 1. The standard InChI is InChI=1S/C23H20F2N2O3S/c24-22(25)29-17-9-7-16(8-10-17)26-23-27(13-18-5-3-11-28-18)19(14-31-23)21-12-15-4-1-2-6-20(15)30-21/h1-2,4,6-10,12,14,18,22H,3,5,11,13H2/t18-/m0/s1. The molecule has 0 N–H and O–H groups in total. The molecule has 0 spiro atoms. The van der Waals surface area contributed by atoms with E-state index < -0.39 is 6.61 Å². The van der Waals surface area contributed by atoms with Crippen molar-refractivity contribution >= 4 is 28.0 Å². The molecule has 0 saturated carbocycles. The molecule has 1 aliphatic heterocycles. The number of ether oxygens (including phenoxy) is 2. The van der Waals surface area contributed by atoms with Gasteiger partial charge < -0.3 is 18.5 Å². The van der Waals surface area contributed by atoms with E-state index in [9.17, 15) is 8.78 Å². The van der Waals surface area contributed by atoms with E-state index in [1.807, 2.05) is 35.7 Å². The second kappa shape index (κ2) is 8.64. The minimum atomic E-state index is -2.85. The fourth-order valence-corrected chi connectivity index (χ4v) is 4.62. The van der Waals surface area contributed by atoms with Crippen LogP contribution in [-0.2, 0) is 11.3 Å². The molecule has 1 aliphatic rings. The van der Waals surface area contributed by atoms with Gasteiger partial charge in [0.2, 0.25) is 0 Å². The minimum absolute atomic E-state index is 0.107. The van der Waals surface area contributed by atoms with Crippen molar-refractivity contribution in [3.63, 3.8) is 0 Å². The van der Waals surface area contributed by atoms with Gasteiger partial charge in [-0.25, -0.2) is 4.99 Å². The number of fused-ring (bicyclic) bond motifs is 1. The molecule has 0 bridgehead atoms. The van der Waals surface area contributed by atoms with Crippen LogP contribution in [-0.4, -0.2) is 23.9 Å². The summed E-state index contributed by atoms with van der Waals surface area (Å²) in [5.41, 5.74) is 2.43. The topological polar surface area (TPSA) is 48.9 Å². The van der Waals surface area contributed by atoms with Crippen LogP contribution in [0.4, 0.5) is 14.5 Å². The average Bonchev–Trinajstić information content (AvgIpc) is 3.50. The van der Waals surface area contributed by atoms with Crippen molar-refractivity contribution in [2.75, 3.05) is 6.61 Å². The number of benzene rings is 2. The van der Waals surface area contributed by atoms with E-state index in [4.69, 9.17) is 14.1 Å². The average molecular weight is 442 g/mol. The van der Waals surface area contributed by atoms with Crippen LogP contribution in [0, 0.1) is 0 Å². The molecule has 5 rings (SSSR count). The van der Waals surface area contributed by atoms with Gasteiger partial charge >= 0.3 is 6.61 Å². The van der Waals surface area contributed by atoms with E-state index in [-0.39, 0.29) is 11.9 Å². The molecular weight excluding hydrogens is 422 g/mol. The molecule has 2 aromatic heterocycles. The monoisotopic (exact) mass is 442 g/mol. The molecule has 0 unspecified atom stereocenters. The smallest absolute Gasteiger partial charge is 0.387 e. The Hall–Kier alpha value is -2.97. The molecule has 0 radical (unpaired) electrons. The van der Waals surface area contributed by atoms with Gasteiger partial charge in [-0.15, -0.1) is 11.3 Å². The molecule has 160 valence electrons. The Balaban J connectivity index is 1.54. The number of hydrogen-bond acceptors (Lipinski definition) is 5. The van der Waals surface area contributed by atoms with Gasteiger partial charge in [0.1, 0.15) is 11.3 Å². The molecule has 1 saturated heterocycles. The minimum Gasteiger partial charge on any atom is -0.454 e. The lowest BCUT2D eigenvalue weighted by Gasteiger charge is -2.13. The summed E-state index contributed by atoms with van der Waals surface area (Å²) >= 11 is 1.50. The molecular formula is C23H20F2N2O3S. The Kier molecular flexibility index (Phi) is 5.57. The summed E-state index contributed by atoms with van der Waals surface area (Å²) in [6.45, 7) is -1.41. The van der Waals surface area contributed by atoms with Gasteiger partial charge in [0.25, 0.3) is 0 Å². The molecule has 4 aromatic rings. The van der Waals surface area contributed by atoms with Crippen molar-refractivity contribution in [2.24, 2.45) is 4.99 Å². The van der Waals surface area contributed by atoms with Crippen LogP contribution in [0.25, 0.3) is 22.4 Å². The summed E-state index contributed by atoms with van der Waals surface area (Å²) in [6.07, 6.45) is 2.17. The van der Waals surface area contributed by atoms with E-state index in [1.54, 1.807) is 12.1 Å². The number of para-hydroxylation sites is 1. The SMILES string of the molecule is FC(F)Oc1ccc(N=c2scc(-c3cc4ccccc4o3)n2C[C@@H]2CCCO2)cc1. The van der Waals surface area contributed by atoms with Gasteiger partial charge in [0, 0.05) is 17.4 Å². The maximum absolute atomic E-state index is 12.4. The zero-order chi connectivity index (χ0) is 21.2. The Labute approximate surface area is 181 Å². The van der Waals surface area contributed by atoms with Crippen LogP contribution in [0.3, 0.4) is 0 Å². The molecule has 1 fully saturated rings. The fraction of sp³-hybridized carbons (Fsp3) is 0.261. The first kappa shape index (κ1) is 20.0. The molecule has 31 heavy (non-hydrogen) atoms. The summed E-state index contributed by atoms with van der Waals surface area (Å²) < 4.78 is 43.3. The summed E-state index contributed by atoms with van der Waals surface area (Å²) in [4.78, 5) is 5.53. The van der Waals surface area contributed by atoms with Gasteiger partial charge in [-0.05, 0) is 49.2 Å². The molecule has 1 atom stereocenters. The van der Waals surface area contributed by atoms with Crippen molar-refractivity contribution in [2.45, 2.75) is 32.1 Å². The number of nitrogens with zero attached hydrogens (tertiary/aromatic N) is 2. The number of halogens is 2. The summed E-state index contributed by atoms with van der Waals surface area (Å²) in [5, 5.41) is 3.07. The second-order valence-electron chi connectivity index (χ2n) is 7.28. The molecule has 5 nitrogen and oxygen atoms in total.